The predicted molar refractivity (Wildman–Crippen MR) is 59.4 cm³/mol. The van der Waals surface area contributed by atoms with Crippen LogP contribution < -0.4 is 0 Å². The summed E-state index contributed by atoms with van der Waals surface area (Å²) in [6, 6.07) is 0. The average molecular weight is 208 g/mol. The number of ether oxygens (including phenoxy) is 1. The zero-order valence-electron chi connectivity index (χ0n) is 9.71. The number of allylic oxidation sites excluding steroid dienone is 2. The van der Waals surface area contributed by atoms with E-state index in [1.807, 2.05) is 0 Å². The van der Waals surface area contributed by atoms with Crippen LogP contribution in [0.5, 0.6) is 0 Å². The fourth-order valence-corrected chi connectivity index (χ4v) is 2.72. The summed E-state index contributed by atoms with van der Waals surface area (Å²) in [5.41, 5.74) is 1.04. The van der Waals surface area contributed by atoms with E-state index < -0.39 is 0 Å². The monoisotopic (exact) mass is 208 g/mol. The van der Waals surface area contributed by atoms with Crippen LogP contribution in [0.4, 0.5) is 0 Å². The van der Waals surface area contributed by atoms with Gasteiger partial charge in [-0.25, -0.2) is 0 Å². The lowest BCUT2D eigenvalue weighted by atomic mass is 9.80. The molecule has 0 aromatic rings. The van der Waals surface area contributed by atoms with Gasteiger partial charge < -0.3 is 4.74 Å². The molecule has 2 heteroatoms. The molecule has 2 rings (SSSR count). The molecule has 1 aliphatic carbocycles. The quantitative estimate of drug-likeness (QED) is 0.696. The van der Waals surface area contributed by atoms with Crippen LogP contribution in [0, 0.1) is 5.92 Å². The predicted octanol–water partition coefficient (Wildman–Crippen LogP) is 3.22. The van der Waals surface area contributed by atoms with Crippen molar-refractivity contribution in [3.63, 3.8) is 0 Å². The lowest BCUT2D eigenvalue weighted by Gasteiger charge is -2.35. The maximum absolute atomic E-state index is 11.9. The summed E-state index contributed by atoms with van der Waals surface area (Å²) in [5, 5.41) is 0. The standard InChI is InChI=1S/C13H20O2/c1-3-9-8-10(4-2)15-12-7-5-6-11(14)13(9)12/h9-10H,3-8H2,1-2H3. The maximum Gasteiger partial charge on any atom is 0.162 e. The molecule has 0 aromatic heterocycles. The first kappa shape index (κ1) is 10.7. The van der Waals surface area contributed by atoms with E-state index in [4.69, 9.17) is 4.74 Å². The molecule has 0 fully saturated rings. The van der Waals surface area contributed by atoms with Crippen LogP contribution in [0.1, 0.15) is 52.4 Å². The third kappa shape index (κ3) is 1.95. The van der Waals surface area contributed by atoms with E-state index in [1.165, 1.54) is 0 Å². The van der Waals surface area contributed by atoms with Gasteiger partial charge in [-0.05, 0) is 31.6 Å². The Bertz CT molecular complexity index is 291. The van der Waals surface area contributed by atoms with E-state index in [0.717, 1.165) is 49.9 Å². The number of hydrogen-bond acceptors (Lipinski definition) is 2. The van der Waals surface area contributed by atoms with Crippen molar-refractivity contribution in [1.82, 2.24) is 0 Å². The molecule has 2 aliphatic rings. The molecule has 1 heterocycles. The summed E-state index contributed by atoms with van der Waals surface area (Å²) >= 11 is 0. The Hall–Kier alpha value is -0.790. The third-order valence-electron chi connectivity index (χ3n) is 3.62. The molecular weight excluding hydrogens is 188 g/mol. The molecule has 0 radical (unpaired) electrons. The molecule has 1 aliphatic heterocycles. The third-order valence-corrected chi connectivity index (χ3v) is 3.62. The summed E-state index contributed by atoms with van der Waals surface area (Å²) in [6.07, 6.45) is 6.21. The topological polar surface area (TPSA) is 26.3 Å². The average Bonchev–Trinajstić information content (AvgIpc) is 2.27. The Morgan fingerprint density at radius 2 is 2.07 bits per heavy atom. The Labute approximate surface area is 91.7 Å². The fourth-order valence-electron chi connectivity index (χ4n) is 2.72. The summed E-state index contributed by atoms with van der Waals surface area (Å²) in [5.74, 6) is 1.83. The van der Waals surface area contributed by atoms with Crippen molar-refractivity contribution < 1.29 is 9.53 Å². The van der Waals surface area contributed by atoms with Crippen molar-refractivity contribution in [3.05, 3.63) is 11.3 Å². The zero-order valence-corrected chi connectivity index (χ0v) is 9.71. The molecule has 0 aromatic carbocycles. The number of hydrogen-bond donors (Lipinski definition) is 0. The van der Waals surface area contributed by atoms with Crippen molar-refractivity contribution in [1.29, 1.82) is 0 Å². The van der Waals surface area contributed by atoms with Gasteiger partial charge >= 0.3 is 0 Å². The second-order valence-corrected chi connectivity index (χ2v) is 4.60. The van der Waals surface area contributed by atoms with Crippen LogP contribution in [-0.4, -0.2) is 11.9 Å². The molecule has 84 valence electrons. The van der Waals surface area contributed by atoms with Crippen LogP contribution >= 0.6 is 0 Å². The molecule has 2 atom stereocenters. The Morgan fingerprint density at radius 3 is 2.73 bits per heavy atom. The molecular formula is C13H20O2. The highest BCUT2D eigenvalue weighted by molar-refractivity contribution is 5.97. The number of Topliss-reactive ketones (excluding diaryl/α,β-unsaturated/α-hetero) is 1. The second kappa shape index (κ2) is 4.38. The van der Waals surface area contributed by atoms with Crippen LogP contribution in [0.3, 0.4) is 0 Å². The molecule has 15 heavy (non-hydrogen) atoms. The first-order chi connectivity index (χ1) is 7.26. The van der Waals surface area contributed by atoms with Crippen LogP contribution in [0.2, 0.25) is 0 Å². The SMILES string of the molecule is CCC1CC(CC)C2=C(CCCC2=O)O1. The van der Waals surface area contributed by atoms with Gasteiger partial charge in [0.1, 0.15) is 5.76 Å². The lowest BCUT2D eigenvalue weighted by molar-refractivity contribution is -0.118. The van der Waals surface area contributed by atoms with Crippen molar-refractivity contribution in [2.45, 2.75) is 58.5 Å². The highest BCUT2D eigenvalue weighted by Crippen LogP contribution is 2.38. The first-order valence-electron chi connectivity index (χ1n) is 6.19. The minimum Gasteiger partial charge on any atom is -0.494 e. The Balaban J connectivity index is 2.27. The van der Waals surface area contributed by atoms with E-state index in [0.29, 0.717) is 17.8 Å². The van der Waals surface area contributed by atoms with Gasteiger partial charge in [-0.1, -0.05) is 13.8 Å². The summed E-state index contributed by atoms with van der Waals surface area (Å²) < 4.78 is 5.90. The van der Waals surface area contributed by atoms with Gasteiger partial charge in [0, 0.05) is 18.4 Å². The zero-order chi connectivity index (χ0) is 10.8. The summed E-state index contributed by atoms with van der Waals surface area (Å²) in [7, 11) is 0. The van der Waals surface area contributed by atoms with Gasteiger partial charge in [-0.3, -0.25) is 4.79 Å². The molecule has 0 saturated carbocycles. The summed E-state index contributed by atoms with van der Waals surface area (Å²) in [4.78, 5) is 11.9. The van der Waals surface area contributed by atoms with Gasteiger partial charge in [-0.2, -0.15) is 0 Å². The minimum atomic E-state index is 0.345. The molecule has 0 bridgehead atoms. The van der Waals surface area contributed by atoms with E-state index in [1.54, 1.807) is 0 Å². The van der Waals surface area contributed by atoms with E-state index in [2.05, 4.69) is 13.8 Å². The first-order valence-corrected chi connectivity index (χ1v) is 6.19. The molecule has 0 amide bonds. The van der Waals surface area contributed by atoms with Crippen LogP contribution in [0.25, 0.3) is 0 Å². The van der Waals surface area contributed by atoms with Gasteiger partial charge in [0.15, 0.2) is 5.78 Å². The van der Waals surface area contributed by atoms with E-state index >= 15 is 0 Å². The van der Waals surface area contributed by atoms with Crippen LogP contribution in [0.15, 0.2) is 11.3 Å². The van der Waals surface area contributed by atoms with Crippen molar-refractivity contribution in [2.24, 2.45) is 5.92 Å². The number of ketones is 1. The van der Waals surface area contributed by atoms with Crippen molar-refractivity contribution in [3.8, 4) is 0 Å². The van der Waals surface area contributed by atoms with Crippen molar-refractivity contribution >= 4 is 5.78 Å². The van der Waals surface area contributed by atoms with Crippen LogP contribution in [-0.2, 0) is 9.53 Å². The largest absolute Gasteiger partial charge is 0.494 e. The van der Waals surface area contributed by atoms with Gasteiger partial charge in [0.2, 0.25) is 0 Å². The van der Waals surface area contributed by atoms with Gasteiger partial charge in [0.05, 0.1) is 6.10 Å². The smallest absolute Gasteiger partial charge is 0.162 e. The van der Waals surface area contributed by atoms with Gasteiger partial charge in [-0.15, -0.1) is 0 Å². The number of rotatable bonds is 2. The highest BCUT2D eigenvalue weighted by Gasteiger charge is 2.34. The van der Waals surface area contributed by atoms with E-state index in [9.17, 15) is 4.79 Å². The minimum absolute atomic E-state index is 0.345. The molecule has 0 N–H and O–H groups in total. The molecule has 0 spiro atoms. The molecule has 2 nitrogen and oxygen atoms in total. The Morgan fingerprint density at radius 1 is 1.27 bits per heavy atom. The normalized spacial score (nSPS) is 31.2. The number of carbonyl (C=O) groups excluding carboxylic acids is 1. The van der Waals surface area contributed by atoms with E-state index in [-0.39, 0.29) is 0 Å². The maximum atomic E-state index is 11.9. The molecule has 2 unspecified atom stereocenters. The number of carbonyl (C=O) groups is 1. The lowest BCUT2D eigenvalue weighted by Crippen LogP contribution is -2.30. The molecule has 0 saturated heterocycles. The Kier molecular flexibility index (Phi) is 3.13. The van der Waals surface area contributed by atoms with Crippen molar-refractivity contribution in [2.75, 3.05) is 0 Å². The highest BCUT2D eigenvalue weighted by atomic mass is 16.5. The second-order valence-electron chi connectivity index (χ2n) is 4.60. The summed E-state index contributed by atoms with van der Waals surface area (Å²) in [6.45, 7) is 4.34. The van der Waals surface area contributed by atoms with Gasteiger partial charge in [0.25, 0.3) is 0 Å². The fraction of sp³-hybridized carbons (Fsp3) is 0.769.